The highest BCUT2D eigenvalue weighted by Crippen LogP contribution is 2.48. The second-order valence-electron chi connectivity index (χ2n) is 8.38. The number of fused-ring (bicyclic) bond motifs is 3. The van der Waals surface area contributed by atoms with E-state index in [1.165, 1.54) is 45.6 Å². The lowest BCUT2D eigenvalue weighted by molar-refractivity contribution is -0.135. The molecule has 1 aromatic heterocycles. The predicted molar refractivity (Wildman–Crippen MR) is 131 cm³/mol. The van der Waals surface area contributed by atoms with Crippen molar-refractivity contribution in [2.24, 2.45) is 0 Å². The van der Waals surface area contributed by atoms with Crippen molar-refractivity contribution in [2.75, 3.05) is 21.3 Å². The lowest BCUT2D eigenvalue weighted by Crippen LogP contribution is -2.22. The van der Waals surface area contributed by atoms with Crippen molar-refractivity contribution >= 4 is 16.9 Å². The number of phenolic OH excluding ortho intramolecular Hbond substituents is 3. The first-order valence-corrected chi connectivity index (χ1v) is 11.1. The van der Waals surface area contributed by atoms with E-state index in [2.05, 4.69) is 0 Å². The number of carbonyl (C=O) groups is 1. The van der Waals surface area contributed by atoms with Gasteiger partial charge in [0.05, 0.1) is 27.8 Å². The first-order valence-electron chi connectivity index (χ1n) is 11.1. The summed E-state index contributed by atoms with van der Waals surface area (Å²) in [6, 6.07) is 10.0. The Kier molecular flexibility index (Phi) is 5.79. The van der Waals surface area contributed by atoms with Crippen molar-refractivity contribution in [1.29, 1.82) is 0 Å². The van der Waals surface area contributed by atoms with Gasteiger partial charge in [0.25, 0.3) is 0 Å². The fourth-order valence-corrected chi connectivity index (χ4v) is 4.54. The molecule has 2 heterocycles. The van der Waals surface area contributed by atoms with Crippen LogP contribution in [-0.4, -0.2) is 42.6 Å². The van der Waals surface area contributed by atoms with E-state index in [0.29, 0.717) is 16.7 Å². The van der Waals surface area contributed by atoms with Gasteiger partial charge >= 0.3 is 5.97 Å². The molecule has 0 radical (unpaired) electrons. The summed E-state index contributed by atoms with van der Waals surface area (Å²) in [5.74, 6) is -1.44. The Hall–Kier alpha value is -4.86. The van der Waals surface area contributed by atoms with Gasteiger partial charge in [-0.05, 0) is 35.9 Å². The van der Waals surface area contributed by atoms with E-state index < -0.39 is 23.1 Å². The monoisotopic (exact) mass is 506 g/mol. The minimum Gasteiger partial charge on any atom is -0.507 e. The number of hydrogen-bond acceptors (Lipinski definition) is 10. The van der Waals surface area contributed by atoms with Crippen LogP contribution in [0, 0.1) is 0 Å². The lowest BCUT2D eigenvalue weighted by atomic mass is 9.84. The number of ether oxygens (including phenoxy) is 4. The zero-order valence-electron chi connectivity index (χ0n) is 20.0. The maximum absolute atomic E-state index is 13.2. The number of carbonyl (C=O) groups excluding carboxylic acids is 1. The number of benzene rings is 3. The minimum atomic E-state index is -0.703. The number of rotatable bonds is 5. The van der Waals surface area contributed by atoms with Crippen LogP contribution in [-0.2, 0) is 4.79 Å². The van der Waals surface area contributed by atoms with Crippen molar-refractivity contribution < 1.29 is 43.5 Å². The predicted octanol–water partition coefficient (Wildman–Crippen LogP) is 4.04. The largest absolute Gasteiger partial charge is 0.507 e. The summed E-state index contributed by atoms with van der Waals surface area (Å²) in [4.78, 5) is 25.7. The Morgan fingerprint density at radius 1 is 0.838 bits per heavy atom. The molecule has 0 saturated heterocycles. The maximum atomic E-state index is 13.2. The van der Waals surface area contributed by atoms with Crippen LogP contribution in [0.15, 0.2) is 51.7 Å². The second-order valence-corrected chi connectivity index (χ2v) is 8.38. The molecule has 4 aromatic rings. The van der Waals surface area contributed by atoms with Crippen LogP contribution in [0.25, 0.3) is 22.3 Å². The van der Waals surface area contributed by atoms with Gasteiger partial charge < -0.3 is 38.7 Å². The van der Waals surface area contributed by atoms with E-state index in [-0.39, 0.29) is 57.6 Å². The van der Waals surface area contributed by atoms with Gasteiger partial charge in [0, 0.05) is 29.2 Å². The van der Waals surface area contributed by atoms with Gasteiger partial charge in [-0.2, -0.15) is 0 Å². The molecule has 0 bridgehead atoms. The van der Waals surface area contributed by atoms with Crippen LogP contribution < -0.4 is 24.4 Å². The van der Waals surface area contributed by atoms with Gasteiger partial charge in [0.15, 0.2) is 28.4 Å². The highest BCUT2D eigenvalue weighted by atomic mass is 16.5. The molecule has 1 aliphatic heterocycles. The molecule has 0 saturated carbocycles. The van der Waals surface area contributed by atoms with Crippen LogP contribution >= 0.6 is 0 Å². The average molecular weight is 506 g/mol. The van der Waals surface area contributed by atoms with Crippen LogP contribution in [0.3, 0.4) is 0 Å². The SMILES string of the molecule is COc1ccc(-c2cc(=O)c3c(O)cc4c(c3o2)C(c2cc(OC)c(O)c(OC)c2)CC(=O)O4)cc1O. The molecule has 0 amide bonds. The Balaban J connectivity index is 1.80. The fraction of sp³-hybridized carbons (Fsp3) is 0.185. The third kappa shape index (κ3) is 3.92. The smallest absolute Gasteiger partial charge is 0.312 e. The Labute approximate surface area is 209 Å². The van der Waals surface area contributed by atoms with E-state index in [4.69, 9.17) is 23.4 Å². The highest BCUT2D eigenvalue weighted by molar-refractivity contribution is 5.93. The standard InChI is InChI=1S/C27H22O10/c1-33-18-5-4-12(6-15(18)28)19-10-16(29)25-17(30)11-20-24(27(25)37-19)14(9-23(31)36-20)13-7-21(34-2)26(32)22(8-13)35-3/h4-8,10-11,14,28,30,32H,9H2,1-3H3. The summed E-state index contributed by atoms with van der Waals surface area (Å²) in [6.45, 7) is 0. The topological polar surface area (TPSA) is 145 Å². The van der Waals surface area contributed by atoms with Crippen LogP contribution in [0.1, 0.15) is 23.5 Å². The van der Waals surface area contributed by atoms with Gasteiger partial charge in [0.2, 0.25) is 5.75 Å². The third-order valence-corrected chi connectivity index (χ3v) is 6.29. The molecule has 37 heavy (non-hydrogen) atoms. The molecule has 10 nitrogen and oxygen atoms in total. The van der Waals surface area contributed by atoms with Crippen molar-refractivity contribution in [3.63, 3.8) is 0 Å². The molecule has 190 valence electrons. The summed E-state index contributed by atoms with van der Waals surface area (Å²) in [5.41, 5.74) is 0.719. The molecule has 0 aliphatic carbocycles. The van der Waals surface area contributed by atoms with Gasteiger partial charge in [-0.25, -0.2) is 0 Å². The zero-order chi connectivity index (χ0) is 26.4. The highest BCUT2D eigenvalue weighted by Gasteiger charge is 2.34. The van der Waals surface area contributed by atoms with Crippen molar-refractivity contribution in [1.82, 2.24) is 0 Å². The summed E-state index contributed by atoms with van der Waals surface area (Å²) in [7, 11) is 4.17. The van der Waals surface area contributed by atoms with E-state index >= 15 is 0 Å². The van der Waals surface area contributed by atoms with Crippen LogP contribution in [0.4, 0.5) is 0 Å². The molecule has 1 aliphatic rings. The molecule has 0 spiro atoms. The van der Waals surface area contributed by atoms with Gasteiger partial charge in [-0.15, -0.1) is 0 Å². The average Bonchev–Trinajstić information content (AvgIpc) is 2.87. The first kappa shape index (κ1) is 23.9. The van der Waals surface area contributed by atoms with E-state index in [9.17, 15) is 24.9 Å². The first-order chi connectivity index (χ1) is 17.7. The minimum absolute atomic E-state index is 0.0105. The lowest BCUT2D eigenvalue weighted by Gasteiger charge is -2.26. The van der Waals surface area contributed by atoms with Crippen LogP contribution in [0.5, 0.6) is 40.2 Å². The van der Waals surface area contributed by atoms with Crippen LogP contribution in [0.2, 0.25) is 0 Å². The van der Waals surface area contributed by atoms with E-state index in [1.54, 1.807) is 18.2 Å². The van der Waals surface area contributed by atoms with Crippen molar-refractivity contribution in [3.05, 3.63) is 63.8 Å². The summed E-state index contributed by atoms with van der Waals surface area (Å²) >= 11 is 0. The fourth-order valence-electron chi connectivity index (χ4n) is 4.54. The molecular formula is C27H22O10. The maximum Gasteiger partial charge on any atom is 0.312 e. The molecule has 1 unspecified atom stereocenters. The molecule has 10 heteroatoms. The number of aromatic hydroxyl groups is 3. The molecule has 0 fully saturated rings. The molecular weight excluding hydrogens is 484 g/mol. The molecule has 3 N–H and O–H groups in total. The Morgan fingerprint density at radius 2 is 1.51 bits per heavy atom. The number of phenols is 3. The molecule has 5 rings (SSSR count). The Morgan fingerprint density at radius 3 is 2.14 bits per heavy atom. The zero-order valence-corrected chi connectivity index (χ0v) is 20.0. The summed E-state index contributed by atoms with van der Waals surface area (Å²) < 4.78 is 27.2. The van der Waals surface area contributed by atoms with E-state index in [0.717, 1.165) is 0 Å². The van der Waals surface area contributed by atoms with E-state index in [1.807, 2.05) is 0 Å². The van der Waals surface area contributed by atoms with Crippen molar-refractivity contribution in [2.45, 2.75) is 12.3 Å². The van der Waals surface area contributed by atoms with Gasteiger partial charge in [0.1, 0.15) is 28.2 Å². The summed E-state index contributed by atoms with van der Waals surface area (Å²) in [6.07, 6.45) is -0.124. The van der Waals surface area contributed by atoms with Crippen molar-refractivity contribution in [3.8, 4) is 51.6 Å². The normalized spacial score (nSPS) is 14.7. The number of hydrogen-bond donors (Lipinski definition) is 3. The number of methoxy groups -OCH3 is 3. The molecule has 3 aromatic carbocycles. The Bertz CT molecular complexity index is 1590. The summed E-state index contributed by atoms with van der Waals surface area (Å²) in [5, 5.41) is 31.1. The number of esters is 1. The third-order valence-electron chi connectivity index (χ3n) is 6.29. The molecule has 1 atom stereocenters. The van der Waals surface area contributed by atoms with Gasteiger partial charge in [-0.1, -0.05) is 0 Å². The van der Waals surface area contributed by atoms with Gasteiger partial charge in [-0.3, -0.25) is 9.59 Å². The quantitative estimate of drug-likeness (QED) is 0.268. The second kappa shape index (κ2) is 8.98.